The Balaban J connectivity index is 2.28. The van der Waals surface area contributed by atoms with E-state index in [0.29, 0.717) is 25.4 Å². The van der Waals surface area contributed by atoms with Crippen LogP contribution in [0.2, 0.25) is 0 Å². The van der Waals surface area contributed by atoms with Crippen molar-refractivity contribution in [1.82, 2.24) is 5.32 Å². The molecule has 0 aliphatic rings. The minimum Gasteiger partial charge on any atom is -0.496 e. The van der Waals surface area contributed by atoms with Crippen LogP contribution in [0.25, 0.3) is 0 Å². The van der Waals surface area contributed by atoms with Gasteiger partial charge >= 0.3 is 0 Å². The lowest BCUT2D eigenvalue weighted by atomic mass is 10.1. The number of hydrogen-bond acceptors (Lipinski definition) is 3. The van der Waals surface area contributed by atoms with Crippen LogP contribution in [0.5, 0.6) is 5.75 Å². The molecule has 0 heterocycles. The lowest BCUT2D eigenvalue weighted by Crippen LogP contribution is -2.31. The molecule has 0 spiro atoms. The second kappa shape index (κ2) is 8.53. The summed E-state index contributed by atoms with van der Waals surface area (Å²) in [6.07, 6.45) is 2.21. The largest absolute Gasteiger partial charge is 0.496 e. The average Bonchev–Trinajstić information content (AvgIpc) is 2.45. The molecule has 0 saturated carbocycles. The first-order valence-electron chi connectivity index (χ1n) is 6.76. The Morgan fingerprint density at radius 2 is 2.16 bits per heavy atom. The first-order chi connectivity index (χ1) is 9.17. The SMILES string of the molecule is COc1ccccc1CCCC(=O)NCC(C)CN. The molecular formula is C15H24N2O2. The van der Waals surface area contributed by atoms with Gasteiger partial charge in [0, 0.05) is 13.0 Å². The summed E-state index contributed by atoms with van der Waals surface area (Å²) in [4.78, 5) is 11.6. The summed E-state index contributed by atoms with van der Waals surface area (Å²) < 4.78 is 5.28. The molecule has 1 atom stereocenters. The van der Waals surface area contributed by atoms with E-state index in [1.165, 1.54) is 0 Å². The topological polar surface area (TPSA) is 64.3 Å². The Hall–Kier alpha value is -1.55. The van der Waals surface area contributed by atoms with Crippen LogP contribution in [0.1, 0.15) is 25.3 Å². The number of carbonyl (C=O) groups excluding carboxylic acids is 1. The highest BCUT2D eigenvalue weighted by molar-refractivity contribution is 5.75. The molecule has 1 aromatic rings. The fraction of sp³-hybridized carbons (Fsp3) is 0.533. The highest BCUT2D eigenvalue weighted by Crippen LogP contribution is 2.19. The summed E-state index contributed by atoms with van der Waals surface area (Å²) in [6.45, 7) is 3.28. The molecule has 4 nitrogen and oxygen atoms in total. The van der Waals surface area contributed by atoms with Gasteiger partial charge in [-0.2, -0.15) is 0 Å². The molecule has 0 aliphatic heterocycles. The van der Waals surface area contributed by atoms with Crippen LogP contribution in [0.15, 0.2) is 24.3 Å². The average molecular weight is 264 g/mol. The smallest absolute Gasteiger partial charge is 0.220 e. The molecule has 106 valence electrons. The molecule has 3 N–H and O–H groups in total. The Kier molecular flexibility index (Phi) is 6.97. The molecule has 1 amide bonds. The van der Waals surface area contributed by atoms with Gasteiger partial charge in [0.25, 0.3) is 0 Å². The van der Waals surface area contributed by atoms with Crippen LogP contribution in [-0.4, -0.2) is 26.1 Å². The highest BCUT2D eigenvalue weighted by atomic mass is 16.5. The maximum absolute atomic E-state index is 11.6. The number of rotatable bonds is 8. The quantitative estimate of drug-likeness (QED) is 0.751. The van der Waals surface area contributed by atoms with E-state index in [0.717, 1.165) is 24.2 Å². The van der Waals surface area contributed by atoms with E-state index in [9.17, 15) is 4.79 Å². The third kappa shape index (κ3) is 5.75. The van der Waals surface area contributed by atoms with Crippen molar-refractivity contribution >= 4 is 5.91 Å². The maximum Gasteiger partial charge on any atom is 0.220 e. The van der Waals surface area contributed by atoms with Gasteiger partial charge in [-0.05, 0) is 36.9 Å². The van der Waals surface area contributed by atoms with Gasteiger partial charge in [-0.3, -0.25) is 4.79 Å². The molecule has 0 saturated heterocycles. The second-order valence-electron chi connectivity index (χ2n) is 4.81. The molecule has 1 aromatic carbocycles. The minimum atomic E-state index is 0.0928. The molecule has 0 aliphatic carbocycles. The van der Waals surface area contributed by atoms with Crippen LogP contribution in [0.3, 0.4) is 0 Å². The van der Waals surface area contributed by atoms with Crippen LogP contribution in [0.4, 0.5) is 0 Å². The second-order valence-corrected chi connectivity index (χ2v) is 4.81. The first-order valence-corrected chi connectivity index (χ1v) is 6.76. The zero-order valence-electron chi connectivity index (χ0n) is 11.8. The first kappa shape index (κ1) is 15.5. The van der Waals surface area contributed by atoms with E-state index in [4.69, 9.17) is 10.5 Å². The van der Waals surface area contributed by atoms with Crippen molar-refractivity contribution < 1.29 is 9.53 Å². The number of para-hydroxylation sites is 1. The predicted molar refractivity (Wildman–Crippen MR) is 77.2 cm³/mol. The summed E-state index contributed by atoms with van der Waals surface area (Å²) in [6, 6.07) is 7.91. The van der Waals surface area contributed by atoms with Crippen molar-refractivity contribution in [3.05, 3.63) is 29.8 Å². The molecule has 0 radical (unpaired) electrons. The predicted octanol–water partition coefficient (Wildman–Crippen LogP) is 1.73. The van der Waals surface area contributed by atoms with Crippen molar-refractivity contribution in [3.63, 3.8) is 0 Å². The number of nitrogens with two attached hydrogens (primary N) is 1. The summed E-state index contributed by atoms with van der Waals surface area (Å²) in [7, 11) is 1.67. The fourth-order valence-corrected chi connectivity index (χ4v) is 1.81. The van der Waals surface area contributed by atoms with Gasteiger partial charge in [-0.1, -0.05) is 25.1 Å². The Labute approximate surface area is 115 Å². The highest BCUT2D eigenvalue weighted by Gasteiger charge is 2.06. The monoisotopic (exact) mass is 264 g/mol. The van der Waals surface area contributed by atoms with Gasteiger partial charge in [0.15, 0.2) is 0 Å². The van der Waals surface area contributed by atoms with Crippen molar-refractivity contribution in [1.29, 1.82) is 0 Å². The van der Waals surface area contributed by atoms with Crippen molar-refractivity contribution in [3.8, 4) is 5.75 Å². The van der Waals surface area contributed by atoms with Crippen LogP contribution in [0, 0.1) is 5.92 Å². The lowest BCUT2D eigenvalue weighted by Gasteiger charge is -2.10. The molecule has 19 heavy (non-hydrogen) atoms. The summed E-state index contributed by atoms with van der Waals surface area (Å²) in [5.74, 6) is 1.31. The molecule has 0 fully saturated rings. The minimum absolute atomic E-state index is 0.0928. The molecular weight excluding hydrogens is 240 g/mol. The van der Waals surface area contributed by atoms with Gasteiger partial charge < -0.3 is 15.8 Å². The number of amides is 1. The third-order valence-corrected chi connectivity index (χ3v) is 3.09. The fourth-order valence-electron chi connectivity index (χ4n) is 1.81. The van der Waals surface area contributed by atoms with Crippen LogP contribution < -0.4 is 15.8 Å². The van der Waals surface area contributed by atoms with Crippen LogP contribution >= 0.6 is 0 Å². The van der Waals surface area contributed by atoms with Gasteiger partial charge in [-0.25, -0.2) is 0 Å². The zero-order valence-corrected chi connectivity index (χ0v) is 11.8. The summed E-state index contributed by atoms with van der Waals surface area (Å²) >= 11 is 0. The number of carbonyl (C=O) groups is 1. The summed E-state index contributed by atoms with van der Waals surface area (Å²) in [5.41, 5.74) is 6.65. The standard InChI is InChI=1S/C15H24N2O2/c1-12(10-16)11-17-15(18)9-5-7-13-6-3-4-8-14(13)19-2/h3-4,6,8,12H,5,7,9-11,16H2,1-2H3,(H,17,18). The zero-order chi connectivity index (χ0) is 14.1. The van der Waals surface area contributed by atoms with Crippen molar-refractivity contribution in [2.45, 2.75) is 26.2 Å². The molecule has 4 heteroatoms. The number of nitrogens with one attached hydrogen (secondary N) is 1. The van der Waals surface area contributed by atoms with E-state index in [1.807, 2.05) is 31.2 Å². The van der Waals surface area contributed by atoms with E-state index in [2.05, 4.69) is 5.32 Å². The number of ether oxygens (including phenoxy) is 1. The van der Waals surface area contributed by atoms with Crippen LogP contribution in [-0.2, 0) is 11.2 Å². The van der Waals surface area contributed by atoms with Crippen molar-refractivity contribution in [2.24, 2.45) is 11.7 Å². The van der Waals surface area contributed by atoms with E-state index < -0.39 is 0 Å². The molecule has 0 bridgehead atoms. The lowest BCUT2D eigenvalue weighted by molar-refractivity contribution is -0.121. The van der Waals surface area contributed by atoms with Gasteiger partial charge in [0.1, 0.15) is 5.75 Å². The Morgan fingerprint density at radius 1 is 1.42 bits per heavy atom. The van der Waals surface area contributed by atoms with E-state index in [-0.39, 0.29) is 5.91 Å². The Bertz CT molecular complexity index is 393. The van der Waals surface area contributed by atoms with Gasteiger partial charge in [-0.15, -0.1) is 0 Å². The van der Waals surface area contributed by atoms with Gasteiger partial charge in [0.2, 0.25) is 5.91 Å². The molecule has 1 unspecified atom stereocenters. The summed E-state index contributed by atoms with van der Waals surface area (Å²) in [5, 5.41) is 2.90. The maximum atomic E-state index is 11.6. The number of benzene rings is 1. The number of hydrogen-bond donors (Lipinski definition) is 2. The van der Waals surface area contributed by atoms with Gasteiger partial charge in [0.05, 0.1) is 7.11 Å². The number of methoxy groups -OCH3 is 1. The normalized spacial score (nSPS) is 11.9. The van der Waals surface area contributed by atoms with E-state index >= 15 is 0 Å². The molecule has 1 rings (SSSR count). The van der Waals surface area contributed by atoms with E-state index in [1.54, 1.807) is 7.11 Å². The Morgan fingerprint density at radius 3 is 2.84 bits per heavy atom. The third-order valence-electron chi connectivity index (χ3n) is 3.09. The molecule has 0 aromatic heterocycles. The number of aryl methyl sites for hydroxylation is 1. The van der Waals surface area contributed by atoms with Crippen molar-refractivity contribution in [2.75, 3.05) is 20.2 Å².